The minimum Gasteiger partial charge on any atom is -0.350 e. The van der Waals surface area contributed by atoms with Crippen LogP contribution >= 0.6 is 0 Å². The molecule has 1 saturated carbocycles. The maximum atomic E-state index is 13.5. The number of rotatable bonds is 5. The zero-order chi connectivity index (χ0) is 24.4. The second-order valence-corrected chi connectivity index (χ2v) is 10.1. The Kier molecular flexibility index (Phi) is 7.26. The van der Waals surface area contributed by atoms with Gasteiger partial charge < -0.3 is 10.6 Å². The van der Waals surface area contributed by atoms with Gasteiger partial charge in [0.05, 0.1) is 12.2 Å². The molecule has 8 heteroatoms. The number of aromatic nitrogens is 2. The summed E-state index contributed by atoms with van der Waals surface area (Å²) in [5, 5.41) is 10.3. The van der Waals surface area contributed by atoms with E-state index in [9.17, 15) is 14.0 Å². The first-order valence-corrected chi connectivity index (χ1v) is 11.7. The van der Waals surface area contributed by atoms with Crippen molar-refractivity contribution in [2.24, 2.45) is 11.3 Å². The molecule has 33 heavy (non-hydrogen) atoms. The molecule has 0 atom stereocenters. The molecule has 2 N–H and O–H groups in total. The molecule has 180 valence electrons. The van der Waals surface area contributed by atoms with Crippen LogP contribution in [0.1, 0.15) is 53.2 Å². The third-order valence-corrected chi connectivity index (χ3v) is 5.92. The number of halogens is 1. The second kappa shape index (κ2) is 9.63. The standard InChI is InChI=1S/C23H30FN5O2.C2H6/c1-15-8-19(27-29(15)18-7-5-6-17(24)9-18)25-21(31)16-10-23(11-16)13-28(14-23)12-20(30)26-22(2,3)4;1-2/h5-9,16H,10-14H2,1-4H3,(H,26,30)(H,25,27,31);1-2H3. The molecule has 1 aromatic heterocycles. The maximum Gasteiger partial charge on any atom is 0.234 e. The van der Waals surface area contributed by atoms with Gasteiger partial charge in [-0.15, -0.1) is 5.10 Å². The summed E-state index contributed by atoms with van der Waals surface area (Å²) in [6.07, 6.45) is 1.67. The lowest BCUT2D eigenvalue weighted by Gasteiger charge is -2.58. The molecule has 2 amide bonds. The molecule has 1 saturated heterocycles. The van der Waals surface area contributed by atoms with Gasteiger partial charge in [-0.25, -0.2) is 9.07 Å². The Hall–Kier alpha value is -2.74. The van der Waals surface area contributed by atoms with Gasteiger partial charge in [0.25, 0.3) is 0 Å². The number of likely N-dealkylation sites (tertiary alicyclic amines) is 1. The van der Waals surface area contributed by atoms with Crippen LogP contribution in [-0.4, -0.2) is 51.7 Å². The lowest BCUT2D eigenvalue weighted by molar-refractivity contribution is -0.144. The number of hydrogen-bond donors (Lipinski definition) is 2. The Morgan fingerprint density at radius 1 is 1.18 bits per heavy atom. The van der Waals surface area contributed by atoms with Crippen molar-refractivity contribution in [3.05, 3.63) is 41.8 Å². The molecule has 2 aliphatic rings. The van der Waals surface area contributed by atoms with Crippen molar-refractivity contribution in [3.63, 3.8) is 0 Å². The number of amides is 2. The molecule has 0 unspecified atom stereocenters. The monoisotopic (exact) mass is 457 g/mol. The van der Waals surface area contributed by atoms with E-state index in [0.29, 0.717) is 18.1 Å². The van der Waals surface area contributed by atoms with Crippen molar-refractivity contribution in [3.8, 4) is 5.69 Å². The molecule has 2 aromatic rings. The molecule has 1 spiro atoms. The summed E-state index contributed by atoms with van der Waals surface area (Å²) in [4.78, 5) is 26.8. The molecule has 2 heterocycles. The second-order valence-electron chi connectivity index (χ2n) is 10.1. The minimum atomic E-state index is -0.330. The minimum absolute atomic E-state index is 0.0292. The van der Waals surface area contributed by atoms with Crippen molar-refractivity contribution in [2.75, 3.05) is 25.0 Å². The third kappa shape index (κ3) is 5.99. The van der Waals surface area contributed by atoms with Crippen LogP contribution in [-0.2, 0) is 9.59 Å². The fourth-order valence-corrected chi connectivity index (χ4v) is 4.74. The summed E-state index contributed by atoms with van der Waals surface area (Å²) >= 11 is 0. The number of anilines is 1. The van der Waals surface area contributed by atoms with Crippen LogP contribution < -0.4 is 10.6 Å². The summed E-state index contributed by atoms with van der Waals surface area (Å²) < 4.78 is 15.1. The Morgan fingerprint density at radius 2 is 1.85 bits per heavy atom. The van der Waals surface area contributed by atoms with Crippen LogP contribution in [0.3, 0.4) is 0 Å². The van der Waals surface area contributed by atoms with Gasteiger partial charge in [-0.3, -0.25) is 14.5 Å². The van der Waals surface area contributed by atoms with E-state index in [1.54, 1.807) is 22.9 Å². The molecule has 4 rings (SSSR count). The zero-order valence-corrected chi connectivity index (χ0v) is 20.5. The average molecular weight is 458 g/mol. The van der Waals surface area contributed by atoms with Gasteiger partial charge in [-0.2, -0.15) is 0 Å². The quantitative estimate of drug-likeness (QED) is 0.714. The summed E-state index contributed by atoms with van der Waals surface area (Å²) in [6.45, 7) is 13.9. The first kappa shape index (κ1) is 24.9. The van der Waals surface area contributed by atoms with Gasteiger partial charge in [-0.1, -0.05) is 19.9 Å². The Balaban J connectivity index is 0.00000149. The third-order valence-electron chi connectivity index (χ3n) is 5.92. The number of carbonyl (C=O) groups is 2. The van der Waals surface area contributed by atoms with Gasteiger partial charge in [0.15, 0.2) is 5.82 Å². The molecule has 1 aliphatic heterocycles. The molecule has 7 nitrogen and oxygen atoms in total. The summed E-state index contributed by atoms with van der Waals surface area (Å²) in [5.74, 6) is 0.119. The molecule has 1 aliphatic carbocycles. The fourth-order valence-electron chi connectivity index (χ4n) is 4.74. The van der Waals surface area contributed by atoms with Gasteiger partial charge in [0, 0.05) is 36.3 Å². The van der Waals surface area contributed by atoms with E-state index in [4.69, 9.17) is 0 Å². The maximum absolute atomic E-state index is 13.5. The summed E-state index contributed by atoms with van der Waals surface area (Å²) in [7, 11) is 0. The van der Waals surface area contributed by atoms with Crippen LogP contribution in [0.5, 0.6) is 0 Å². The van der Waals surface area contributed by atoms with Crippen molar-refractivity contribution < 1.29 is 14.0 Å². The number of hydrogen-bond acceptors (Lipinski definition) is 4. The Morgan fingerprint density at radius 3 is 2.45 bits per heavy atom. The smallest absolute Gasteiger partial charge is 0.234 e. The van der Waals surface area contributed by atoms with Crippen LogP contribution in [0.2, 0.25) is 0 Å². The normalized spacial score (nSPS) is 17.4. The van der Waals surface area contributed by atoms with Crippen LogP contribution in [0.15, 0.2) is 30.3 Å². The van der Waals surface area contributed by atoms with E-state index in [1.165, 1.54) is 12.1 Å². The van der Waals surface area contributed by atoms with Crippen molar-refractivity contribution in [2.45, 2.75) is 59.9 Å². The van der Waals surface area contributed by atoms with E-state index < -0.39 is 0 Å². The van der Waals surface area contributed by atoms with Crippen LogP contribution in [0, 0.1) is 24.1 Å². The first-order chi connectivity index (χ1) is 15.5. The largest absolute Gasteiger partial charge is 0.350 e. The highest BCUT2D eigenvalue weighted by Crippen LogP contribution is 2.52. The average Bonchev–Trinajstić information content (AvgIpc) is 3.02. The highest BCUT2D eigenvalue weighted by molar-refractivity contribution is 5.92. The molecular weight excluding hydrogens is 421 g/mol. The van der Waals surface area contributed by atoms with Gasteiger partial charge in [0.2, 0.25) is 11.8 Å². The molecule has 1 aromatic carbocycles. The number of aryl methyl sites for hydroxylation is 1. The summed E-state index contributed by atoms with van der Waals surface area (Å²) in [5.41, 5.74) is 1.37. The van der Waals surface area contributed by atoms with Crippen LogP contribution in [0.25, 0.3) is 5.69 Å². The molecule has 0 radical (unpaired) electrons. The van der Waals surface area contributed by atoms with E-state index in [1.807, 2.05) is 41.5 Å². The number of nitrogens with one attached hydrogen (secondary N) is 2. The van der Waals surface area contributed by atoms with E-state index in [-0.39, 0.29) is 34.5 Å². The van der Waals surface area contributed by atoms with Crippen LogP contribution in [0.4, 0.5) is 10.2 Å². The highest BCUT2D eigenvalue weighted by Gasteiger charge is 2.54. The predicted molar refractivity (Wildman–Crippen MR) is 128 cm³/mol. The first-order valence-electron chi connectivity index (χ1n) is 11.7. The lowest BCUT2D eigenvalue weighted by Crippen LogP contribution is -2.65. The van der Waals surface area contributed by atoms with Crippen molar-refractivity contribution >= 4 is 17.6 Å². The zero-order valence-electron chi connectivity index (χ0n) is 20.5. The van der Waals surface area contributed by atoms with E-state index >= 15 is 0 Å². The Bertz CT molecular complexity index is 996. The number of benzene rings is 1. The molecular formula is C25H36FN5O2. The Labute approximate surface area is 195 Å². The van der Waals surface area contributed by atoms with Gasteiger partial charge in [0.1, 0.15) is 5.82 Å². The van der Waals surface area contributed by atoms with Crippen molar-refractivity contribution in [1.82, 2.24) is 20.0 Å². The molecule has 0 bridgehead atoms. The van der Waals surface area contributed by atoms with Crippen molar-refractivity contribution in [1.29, 1.82) is 0 Å². The van der Waals surface area contributed by atoms with Gasteiger partial charge >= 0.3 is 0 Å². The number of nitrogens with zero attached hydrogens (tertiary/aromatic N) is 3. The highest BCUT2D eigenvalue weighted by atomic mass is 19.1. The SMILES string of the molecule is CC.Cc1cc(NC(=O)C2CC3(C2)CN(CC(=O)NC(C)(C)C)C3)nn1-c1cccc(F)c1. The predicted octanol–water partition coefficient (Wildman–Crippen LogP) is 3.91. The summed E-state index contributed by atoms with van der Waals surface area (Å²) in [6, 6.07) is 7.98. The fraction of sp³-hybridized carbons (Fsp3) is 0.560. The van der Waals surface area contributed by atoms with E-state index in [2.05, 4.69) is 20.6 Å². The van der Waals surface area contributed by atoms with E-state index in [0.717, 1.165) is 31.6 Å². The lowest BCUT2D eigenvalue weighted by atomic mass is 9.57. The topological polar surface area (TPSA) is 79.3 Å². The molecule has 2 fully saturated rings. The number of carbonyl (C=O) groups excluding carboxylic acids is 2. The van der Waals surface area contributed by atoms with Gasteiger partial charge in [-0.05, 0) is 64.2 Å².